The van der Waals surface area contributed by atoms with Gasteiger partial charge in [0.05, 0.1) is 47.2 Å². The maximum atomic E-state index is 15.2. The molecule has 4 aliphatic rings. The van der Waals surface area contributed by atoms with Crippen LogP contribution in [0.2, 0.25) is 5.02 Å². The van der Waals surface area contributed by atoms with Gasteiger partial charge in [-0.05, 0) is 113 Å². The van der Waals surface area contributed by atoms with Gasteiger partial charge in [-0.2, -0.15) is 16.7 Å². The SMILES string of the molecule is CNc1nc(Nc2ccc(C(=O)N3CCN(CC4CCC(CSC(C)(C)C(NC(=O)C5(F)CC5)C(=O)N5C[C@H](O)C[C@@H]5C(=O)N[C@@H](C)c5ccc(-c6scnc6C)cc5)CC4)CC3)cc2OC)ncc1Cl. The fraction of sp³-hybridized carbons (Fsp3) is 0.549. The summed E-state index contributed by atoms with van der Waals surface area (Å²) in [4.78, 5) is 75.3. The van der Waals surface area contributed by atoms with E-state index in [9.17, 15) is 24.3 Å². The van der Waals surface area contributed by atoms with E-state index in [0.717, 1.165) is 72.8 Å². The van der Waals surface area contributed by atoms with Crippen LogP contribution in [0.25, 0.3) is 10.4 Å². The number of halogens is 2. The zero-order chi connectivity index (χ0) is 50.6. The predicted molar refractivity (Wildman–Crippen MR) is 277 cm³/mol. The first-order valence-electron chi connectivity index (χ1n) is 24.6. The number of hydrogen-bond acceptors (Lipinski definition) is 14. The van der Waals surface area contributed by atoms with Crippen LogP contribution in [0.3, 0.4) is 0 Å². The predicted octanol–water partition coefficient (Wildman–Crippen LogP) is 7.26. The Kier molecular flexibility index (Phi) is 16.5. The van der Waals surface area contributed by atoms with Gasteiger partial charge in [0.1, 0.15) is 28.7 Å². The zero-order valence-corrected chi connectivity index (χ0v) is 43.7. The van der Waals surface area contributed by atoms with E-state index >= 15 is 4.39 Å². The van der Waals surface area contributed by atoms with Crippen LogP contribution in [-0.2, 0) is 14.4 Å². The molecule has 0 radical (unpaired) electrons. The number of hydrogen-bond donors (Lipinski definition) is 5. The van der Waals surface area contributed by atoms with Gasteiger partial charge in [0.2, 0.25) is 17.8 Å². The summed E-state index contributed by atoms with van der Waals surface area (Å²) in [6.45, 7) is 11.4. The summed E-state index contributed by atoms with van der Waals surface area (Å²) >= 11 is 9.30. The number of alkyl halides is 1. The highest BCUT2D eigenvalue weighted by Crippen LogP contribution is 2.42. The van der Waals surface area contributed by atoms with Crippen LogP contribution in [-0.4, -0.2) is 146 Å². The van der Waals surface area contributed by atoms with Gasteiger partial charge in [-0.1, -0.05) is 35.9 Å². The van der Waals surface area contributed by atoms with Gasteiger partial charge in [0.25, 0.3) is 11.8 Å². The first-order chi connectivity index (χ1) is 33.9. The maximum Gasteiger partial charge on any atom is 0.258 e. The first-order valence-corrected chi connectivity index (χ1v) is 26.8. The number of likely N-dealkylation sites (tertiary alicyclic amines) is 1. The lowest BCUT2D eigenvalue weighted by Gasteiger charge is -2.40. The molecule has 2 saturated heterocycles. The minimum Gasteiger partial charge on any atom is -0.495 e. The third kappa shape index (κ3) is 12.4. The summed E-state index contributed by atoms with van der Waals surface area (Å²) < 4.78 is 20.0. The number of thiazole rings is 1. The smallest absolute Gasteiger partial charge is 0.258 e. The second-order valence-electron chi connectivity index (χ2n) is 20.0. The Morgan fingerprint density at radius 2 is 1.72 bits per heavy atom. The van der Waals surface area contributed by atoms with Crippen molar-refractivity contribution in [1.29, 1.82) is 0 Å². The van der Waals surface area contributed by atoms with Crippen molar-refractivity contribution in [2.75, 3.05) is 69.8 Å². The molecule has 2 aliphatic heterocycles. The van der Waals surface area contributed by atoms with Crippen molar-refractivity contribution in [3.8, 4) is 16.2 Å². The lowest BCUT2D eigenvalue weighted by atomic mass is 9.82. The van der Waals surface area contributed by atoms with E-state index in [4.69, 9.17) is 16.3 Å². The van der Waals surface area contributed by atoms with Gasteiger partial charge < -0.3 is 40.9 Å². The maximum absolute atomic E-state index is 15.2. The Labute approximate surface area is 428 Å². The number of aliphatic hydroxyl groups excluding tert-OH is 1. The number of anilines is 3. The molecule has 4 aromatic rings. The molecule has 2 aromatic heterocycles. The van der Waals surface area contributed by atoms with Crippen molar-refractivity contribution >= 4 is 75.8 Å². The van der Waals surface area contributed by atoms with E-state index in [1.807, 2.05) is 62.4 Å². The number of amides is 4. The molecule has 0 bridgehead atoms. The summed E-state index contributed by atoms with van der Waals surface area (Å²) in [5.74, 6) is 1.22. The van der Waals surface area contributed by atoms with E-state index < -0.39 is 46.3 Å². The lowest BCUT2D eigenvalue weighted by molar-refractivity contribution is -0.143. The topological polar surface area (TPSA) is 194 Å². The van der Waals surface area contributed by atoms with E-state index in [2.05, 4.69) is 41.1 Å². The molecule has 4 atom stereocenters. The molecule has 382 valence electrons. The lowest BCUT2D eigenvalue weighted by Crippen LogP contribution is -2.61. The van der Waals surface area contributed by atoms with E-state index in [1.54, 1.807) is 55.5 Å². The molecule has 4 fully saturated rings. The van der Waals surface area contributed by atoms with E-state index in [1.165, 1.54) is 11.1 Å². The molecular weight excluding hydrogens is 967 g/mol. The molecule has 2 aromatic carbocycles. The second-order valence-corrected chi connectivity index (χ2v) is 22.9. The van der Waals surface area contributed by atoms with Crippen molar-refractivity contribution in [3.63, 3.8) is 0 Å². The Morgan fingerprint density at radius 3 is 2.37 bits per heavy atom. The minimum atomic E-state index is -2.00. The second kappa shape index (κ2) is 22.4. The van der Waals surface area contributed by atoms with Crippen molar-refractivity contribution in [2.24, 2.45) is 11.8 Å². The van der Waals surface area contributed by atoms with Gasteiger partial charge in [-0.3, -0.25) is 24.1 Å². The molecule has 2 saturated carbocycles. The van der Waals surface area contributed by atoms with Gasteiger partial charge in [-0.15, -0.1) is 11.3 Å². The number of rotatable bonds is 18. The molecule has 16 nitrogen and oxygen atoms in total. The Hall–Kier alpha value is -5.08. The number of carbonyl (C=O) groups is 4. The average Bonchev–Trinajstić information content (AvgIpc) is 3.78. The highest BCUT2D eigenvalue weighted by atomic mass is 35.5. The number of benzene rings is 2. The summed E-state index contributed by atoms with van der Waals surface area (Å²) in [6.07, 6.45) is 4.98. The minimum absolute atomic E-state index is 0.0508. The summed E-state index contributed by atoms with van der Waals surface area (Å²) in [6, 6.07) is 10.7. The number of carbonyl (C=O) groups excluding carboxylic acids is 4. The number of ether oxygens (including phenoxy) is 1. The van der Waals surface area contributed by atoms with Crippen molar-refractivity contribution in [1.82, 2.24) is 40.3 Å². The van der Waals surface area contributed by atoms with Gasteiger partial charge in [0.15, 0.2) is 5.67 Å². The first kappa shape index (κ1) is 52.2. The van der Waals surface area contributed by atoms with Gasteiger partial charge in [0, 0.05) is 63.0 Å². The van der Waals surface area contributed by atoms with Crippen molar-refractivity contribution in [3.05, 3.63) is 76.0 Å². The van der Waals surface area contributed by atoms with Gasteiger partial charge >= 0.3 is 0 Å². The Bertz CT molecular complexity index is 2550. The number of nitrogens with one attached hydrogen (secondary N) is 4. The number of aryl methyl sites for hydroxylation is 1. The molecule has 2 aliphatic carbocycles. The number of thioether (sulfide) groups is 1. The number of piperazine rings is 1. The van der Waals surface area contributed by atoms with Crippen LogP contribution in [0.5, 0.6) is 5.75 Å². The fourth-order valence-electron chi connectivity index (χ4n) is 9.83. The monoisotopic (exact) mass is 1030 g/mol. The largest absolute Gasteiger partial charge is 0.495 e. The highest BCUT2D eigenvalue weighted by molar-refractivity contribution is 8.00. The summed E-state index contributed by atoms with van der Waals surface area (Å²) in [5, 5.41) is 23.2. The highest BCUT2D eigenvalue weighted by Gasteiger charge is 2.54. The van der Waals surface area contributed by atoms with Gasteiger partial charge in [-0.25, -0.2) is 14.4 Å². The number of aromatic nitrogens is 3. The molecular formula is C51H66ClFN10O6S2. The average molecular weight is 1030 g/mol. The molecule has 71 heavy (non-hydrogen) atoms. The Balaban J connectivity index is 0.816. The molecule has 0 spiro atoms. The molecule has 5 N–H and O–H groups in total. The molecule has 8 rings (SSSR count). The fourth-order valence-corrected chi connectivity index (χ4v) is 12.1. The third-order valence-electron chi connectivity index (χ3n) is 14.5. The third-order valence-corrected chi connectivity index (χ3v) is 17.3. The zero-order valence-electron chi connectivity index (χ0n) is 41.3. The van der Waals surface area contributed by atoms with Crippen LogP contribution in [0.4, 0.5) is 21.8 Å². The van der Waals surface area contributed by atoms with Crippen molar-refractivity contribution < 1.29 is 33.4 Å². The number of aliphatic hydroxyl groups is 1. The number of methoxy groups -OCH3 is 1. The van der Waals surface area contributed by atoms with Crippen LogP contribution < -0.4 is 26.0 Å². The molecule has 4 amide bonds. The molecule has 20 heteroatoms. The van der Waals surface area contributed by atoms with Crippen molar-refractivity contribution in [2.45, 2.75) is 107 Å². The molecule has 4 heterocycles. The number of β-amino-alcohol motifs (C(OH)–C–C–N with tert-alkyl or cyclic N) is 1. The molecule has 1 unspecified atom stereocenters. The van der Waals surface area contributed by atoms with Crippen LogP contribution >= 0.6 is 34.7 Å². The summed E-state index contributed by atoms with van der Waals surface area (Å²) in [5.41, 5.74) is 3.84. The van der Waals surface area contributed by atoms with E-state index in [-0.39, 0.29) is 37.8 Å². The quantitative estimate of drug-likeness (QED) is 0.0670. The number of nitrogens with zero attached hydrogens (tertiary/aromatic N) is 6. The van der Waals surface area contributed by atoms with E-state index in [0.29, 0.717) is 58.7 Å². The van der Waals surface area contributed by atoms with Crippen LogP contribution in [0.1, 0.15) is 93.4 Å². The summed E-state index contributed by atoms with van der Waals surface area (Å²) in [7, 11) is 3.28. The normalized spacial score (nSPS) is 22.0. The Morgan fingerprint density at radius 1 is 1.01 bits per heavy atom. The standard InChI is InChI=1S/C51H66ClFN10O6S2/c1-30(34-11-13-35(14-12-34)42-31(2)56-29-70-42)57-45(65)40-24-37(64)27-63(40)47(67)43(59-48(68)51(53)17-18-51)50(3,4)71-28-33-9-7-32(8-10-33)26-61-19-21-62(22-20-61)46(66)36-15-16-39(41(23-36)69-6)58-49-55-25-38(52)44(54-5)60-49/h11-16,23,25,29-30,32-33,37,40,43,64H,7-10,17-22,24,26-28H2,1-6H3,(H,57,65)(H,59,68)(H2,54,55,58,60)/t30-,32?,33?,37+,40+,43?/m0/s1. The van der Waals surface area contributed by atoms with Crippen LogP contribution in [0, 0.1) is 18.8 Å². The van der Waals surface area contributed by atoms with Crippen LogP contribution in [0.15, 0.2) is 54.2 Å².